The van der Waals surface area contributed by atoms with Crippen LogP contribution >= 0.6 is 0 Å². The molecule has 0 radical (unpaired) electrons. The summed E-state index contributed by atoms with van der Waals surface area (Å²) in [7, 11) is 0. The molecular weight excluding hydrogens is 240 g/mol. The predicted molar refractivity (Wildman–Crippen MR) is 74.9 cm³/mol. The summed E-state index contributed by atoms with van der Waals surface area (Å²) in [5.41, 5.74) is 0. The number of quaternary nitrogens is 2. The first-order valence-corrected chi connectivity index (χ1v) is 7.40. The minimum absolute atomic E-state index is 0.675. The van der Waals surface area contributed by atoms with Gasteiger partial charge in [0.1, 0.15) is 26.2 Å². The molecule has 1 heterocycles. The number of hydrogen-bond acceptors (Lipinski definition) is 2. The van der Waals surface area contributed by atoms with Crippen LogP contribution in [-0.2, 0) is 0 Å². The third-order valence-electron chi connectivity index (χ3n) is 3.49. The topological polar surface area (TPSA) is 39.5 Å². The fourth-order valence-corrected chi connectivity index (χ4v) is 2.48. The van der Waals surface area contributed by atoms with Crippen LogP contribution in [0.5, 0.6) is 11.5 Å². The maximum Gasteiger partial charge on any atom is 0.161 e. The van der Waals surface area contributed by atoms with E-state index < -0.39 is 0 Å². The van der Waals surface area contributed by atoms with Crippen LogP contribution in [0.1, 0.15) is 13.3 Å². The van der Waals surface area contributed by atoms with Crippen LogP contribution in [0.15, 0.2) is 24.3 Å². The van der Waals surface area contributed by atoms with E-state index in [4.69, 9.17) is 9.47 Å². The van der Waals surface area contributed by atoms with Crippen LogP contribution in [0.4, 0.5) is 0 Å². The monoisotopic (exact) mass is 266 g/mol. The summed E-state index contributed by atoms with van der Waals surface area (Å²) in [6.45, 7) is 9.77. The van der Waals surface area contributed by atoms with Crippen molar-refractivity contribution in [3.63, 3.8) is 0 Å². The lowest BCUT2D eigenvalue weighted by Gasteiger charge is -2.22. The van der Waals surface area contributed by atoms with Gasteiger partial charge in [0.2, 0.25) is 0 Å². The second kappa shape index (κ2) is 8.02. The van der Waals surface area contributed by atoms with Crippen LogP contribution in [-0.4, -0.2) is 45.9 Å². The summed E-state index contributed by atoms with van der Waals surface area (Å²) in [5, 5.41) is 2.40. The average molecular weight is 266 g/mol. The van der Waals surface area contributed by atoms with E-state index in [1.807, 2.05) is 31.2 Å². The minimum atomic E-state index is 0.675. The van der Waals surface area contributed by atoms with Crippen molar-refractivity contribution in [2.24, 2.45) is 0 Å². The van der Waals surface area contributed by atoms with E-state index >= 15 is 0 Å². The molecule has 2 rings (SSSR count). The molecule has 1 aliphatic heterocycles. The SMILES string of the molecule is CCOc1ccccc1OCCC[NH+]1CC[NH2+]CC1. The van der Waals surface area contributed by atoms with Crippen molar-refractivity contribution >= 4 is 0 Å². The van der Waals surface area contributed by atoms with Crippen LogP contribution in [0.25, 0.3) is 0 Å². The Morgan fingerprint density at radius 2 is 1.79 bits per heavy atom. The Morgan fingerprint density at radius 1 is 1.11 bits per heavy atom. The number of ether oxygens (including phenoxy) is 2. The van der Waals surface area contributed by atoms with Crippen molar-refractivity contribution < 1.29 is 19.7 Å². The van der Waals surface area contributed by atoms with E-state index in [1.165, 1.54) is 32.7 Å². The molecule has 0 amide bonds. The van der Waals surface area contributed by atoms with E-state index in [-0.39, 0.29) is 0 Å². The van der Waals surface area contributed by atoms with Crippen LogP contribution in [0.2, 0.25) is 0 Å². The highest BCUT2D eigenvalue weighted by atomic mass is 16.5. The highest BCUT2D eigenvalue weighted by Crippen LogP contribution is 2.26. The van der Waals surface area contributed by atoms with Gasteiger partial charge < -0.3 is 19.7 Å². The Balaban J connectivity index is 1.70. The summed E-state index contributed by atoms with van der Waals surface area (Å²) >= 11 is 0. The molecule has 4 heteroatoms. The van der Waals surface area contributed by atoms with E-state index in [2.05, 4.69) is 5.32 Å². The number of piperazine rings is 1. The molecular formula is C15H26N2O2+2. The summed E-state index contributed by atoms with van der Waals surface area (Å²) < 4.78 is 11.4. The molecule has 0 atom stereocenters. The maximum absolute atomic E-state index is 5.83. The molecule has 0 spiro atoms. The van der Waals surface area contributed by atoms with Gasteiger partial charge in [-0.2, -0.15) is 0 Å². The molecule has 0 aliphatic carbocycles. The highest BCUT2D eigenvalue weighted by molar-refractivity contribution is 5.39. The van der Waals surface area contributed by atoms with Crippen molar-refractivity contribution in [2.45, 2.75) is 13.3 Å². The lowest BCUT2D eigenvalue weighted by atomic mass is 10.3. The van der Waals surface area contributed by atoms with E-state index in [1.54, 1.807) is 4.90 Å². The van der Waals surface area contributed by atoms with Crippen molar-refractivity contribution in [1.82, 2.24) is 0 Å². The van der Waals surface area contributed by atoms with E-state index in [0.29, 0.717) is 6.61 Å². The fraction of sp³-hybridized carbons (Fsp3) is 0.600. The Kier molecular flexibility index (Phi) is 5.98. The van der Waals surface area contributed by atoms with Crippen LogP contribution in [0, 0.1) is 0 Å². The fourth-order valence-electron chi connectivity index (χ4n) is 2.48. The van der Waals surface area contributed by atoms with Gasteiger partial charge >= 0.3 is 0 Å². The number of nitrogens with one attached hydrogen (secondary N) is 1. The van der Waals surface area contributed by atoms with Gasteiger partial charge in [-0.15, -0.1) is 0 Å². The number of rotatable bonds is 7. The number of benzene rings is 1. The highest BCUT2D eigenvalue weighted by Gasteiger charge is 2.14. The zero-order chi connectivity index (χ0) is 13.3. The summed E-state index contributed by atoms with van der Waals surface area (Å²) in [6.07, 6.45) is 1.11. The van der Waals surface area contributed by atoms with Crippen LogP contribution < -0.4 is 19.7 Å². The van der Waals surface area contributed by atoms with Crippen molar-refractivity contribution in [3.8, 4) is 11.5 Å². The third kappa shape index (κ3) is 4.73. The number of para-hydroxylation sites is 2. The largest absolute Gasteiger partial charge is 0.490 e. The Labute approximate surface area is 115 Å². The molecule has 1 aliphatic rings. The summed E-state index contributed by atoms with van der Waals surface area (Å²) in [4.78, 5) is 1.71. The van der Waals surface area contributed by atoms with Gasteiger partial charge in [0, 0.05) is 6.42 Å². The van der Waals surface area contributed by atoms with Gasteiger partial charge in [-0.1, -0.05) is 12.1 Å². The smallest absolute Gasteiger partial charge is 0.161 e. The second-order valence-corrected chi connectivity index (χ2v) is 4.95. The van der Waals surface area contributed by atoms with Crippen molar-refractivity contribution in [2.75, 3.05) is 45.9 Å². The average Bonchev–Trinajstić information content (AvgIpc) is 2.47. The molecule has 0 unspecified atom stereocenters. The molecule has 0 saturated carbocycles. The lowest BCUT2D eigenvalue weighted by molar-refractivity contribution is -0.946. The normalized spacial score (nSPS) is 16.3. The summed E-state index contributed by atoms with van der Waals surface area (Å²) in [5.74, 6) is 1.72. The lowest BCUT2D eigenvalue weighted by Crippen LogP contribution is -3.20. The Bertz CT molecular complexity index is 365. The minimum Gasteiger partial charge on any atom is -0.490 e. The molecule has 4 nitrogen and oxygen atoms in total. The number of hydrogen-bond donors (Lipinski definition) is 2. The molecule has 19 heavy (non-hydrogen) atoms. The van der Waals surface area contributed by atoms with Gasteiger partial charge in [0.25, 0.3) is 0 Å². The van der Waals surface area contributed by atoms with E-state index in [0.717, 1.165) is 24.5 Å². The third-order valence-corrected chi connectivity index (χ3v) is 3.49. The molecule has 1 aromatic rings. The van der Waals surface area contributed by atoms with Gasteiger partial charge in [-0.3, -0.25) is 0 Å². The zero-order valence-corrected chi connectivity index (χ0v) is 11.9. The van der Waals surface area contributed by atoms with Crippen molar-refractivity contribution in [3.05, 3.63) is 24.3 Å². The van der Waals surface area contributed by atoms with Crippen molar-refractivity contribution in [1.29, 1.82) is 0 Å². The maximum atomic E-state index is 5.83. The molecule has 1 aromatic carbocycles. The van der Waals surface area contributed by atoms with Gasteiger partial charge in [-0.25, -0.2) is 0 Å². The summed E-state index contributed by atoms with van der Waals surface area (Å²) in [6, 6.07) is 7.91. The predicted octanol–water partition coefficient (Wildman–Crippen LogP) is -0.684. The Morgan fingerprint density at radius 3 is 2.47 bits per heavy atom. The first-order valence-electron chi connectivity index (χ1n) is 7.40. The molecule has 106 valence electrons. The molecule has 0 aromatic heterocycles. The molecule has 1 saturated heterocycles. The molecule has 3 N–H and O–H groups in total. The second-order valence-electron chi connectivity index (χ2n) is 4.95. The first kappa shape index (κ1) is 14.2. The van der Waals surface area contributed by atoms with Gasteiger partial charge in [-0.05, 0) is 19.1 Å². The molecule has 0 bridgehead atoms. The molecule has 1 fully saturated rings. The van der Waals surface area contributed by atoms with E-state index in [9.17, 15) is 0 Å². The van der Waals surface area contributed by atoms with Gasteiger partial charge in [0.15, 0.2) is 11.5 Å². The standard InChI is InChI=1S/C15H24N2O2/c1-2-18-14-6-3-4-7-15(14)19-13-5-10-17-11-8-16-9-12-17/h3-4,6-7,16H,2,5,8-13H2,1H3/p+2. The van der Waals surface area contributed by atoms with Gasteiger partial charge in [0.05, 0.1) is 19.8 Å². The first-order chi connectivity index (χ1) is 9.40. The number of nitrogens with two attached hydrogens (primary N) is 1. The quantitative estimate of drug-likeness (QED) is 0.642. The van der Waals surface area contributed by atoms with Crippen LogP contribution in [0.3, 0.4) is 0 Å². The zero-order valence-electron chi connectivity index (χ0n) is 11.9. The Hall–Kier alpha value is -1.26.